The predicted octanol–water partition coefficient (Wildman–Crippen LogP) is 4.55. The van der Waals surface area contributed by atoms with Gasteiger partial charge in [-0.2, -0.15) is 4.98 Å². The van der Waals surface area contributed by atoms with Crippen LogP contribution in [0.3, 0.4) is 0 Å². The summed E-state index contributed by atoms with van der Waals surface area (Å²) in [5, 5.41) is 9.12. The molecule has 0 aliphatic heterocycles. The molecule has 168 valence electrons. The molecule has 0 spiro atoms. The topological polar surface area (TPSA) is 73.0 Å². The third-order valence-electron chi connectivity index (χ3n) is 5.75. The molecule has 0 atom stereocenters. The highest BCUT2D eigenvalue weighted by atomic mass is 16.5. The highest BCUT2D eigenvalue weighted by Gasteiger charge is 2.16. The summed E-state index contributed by atoms with van der Waals surface area (Å²) in [4.78, 5) is 17.7. The molecule has 0 fully saturated rings. The summed E-state index contributed by atoms with van der Waals surface area (Å²) in [6, 6.07) is 7.85. The number of rotatable bonds is 7. The zero-order chi connectivity index (χ0) is 23.4. The Morgan fingerprint density at radius 1 is 1.25 bits per heavy atom. The molecule has 2 aromatic heterocycles. The van der Waals surface area contributed by atoms with E-state index in [4.69, 9.17) is 4.52 Å². The molecule has 6 heteroatoms. The first-order chi connectivity index (χ1) is 15.3. The van der Waals surface area contributed by atoms with Crippen molar-refractivity contribution in [3.05, 3.63) is 68.8 Å². The fourth-order valence-electron chi connectivity index (χ4n) is 3.82. The molecule has 2 heterocycles. The van der Waals surface area contributed by atoms with Crippen LogP contribution < -0.4 is 21.4 Å². The van der Waals surface area contributed by atoms with E-state index in [9.17, 15) is 4.79 Å². The summed E-state index contributed by atoms with van der Waals surface area (Å²) < 4.78 is 7.12. The van der Waals surface area contributed by atoms with Gasteiger partial charge in [-0.05, 0) is 79.4 Å². The van der Waals surface area contributed by atoms with Gasteiger partial charge in [0.15, 0.2) is 0 Å². The molecular weight excluding hydrogens is 400 g/mol. The second-order valence-electron chi connectivity index (χ2n) is 8.17. The Balaban J connectivity index is 2.06. The molecular formula is C26H32N4O2. The third-order valence-corrected chi connectivity index (χ3v) is 5.75. The van der Waals surface area contributed by atoms with Gasteiger partial charge in [-0.1, -0.05) is 38.1 Å². The molecule has 6 nitrogen and oxygen atoms in total. The SMILES string of the molecule is C=C(C)/C=c1\c(=C/C)cc(-c2cc(Nc3noc(C(CC)CC)n3)ccc2C)c(=O)n1C. The van der Waals surface area contributed by atoms with Crippen molar-refractivity contribution in [2.75, 3.05) is 5.32 Å². The highest BCUT2D eigenvalue weighted by molar-refractivity contribution is 5.72. The number of benzene rings is 1. The average molecular weight is 433 g/mol. The molecule has 32 heavy (non-hydrogen) atoms. The van der Waals surface area contributed by atoms with Gasteiger partial charge in [0.2, 0.25) is 5.89 Å². The lowest BCUT2D eigenvalue weighted by molar-refractivity contribution is 0.346. The van der Waals surface area contributed by atoms with Gasteiger partial charge in [-0.15, -0.1) is 0 Å². The molecule has 0 amide bonds. The minimum absolute atomic E-state index is 0.0565. The molecule has 0 aliphatic carbocycles. The first kappa shape index (κ1) is 23.3. The Hall–Kier alpha value is -3.41. The second kappa shape index (κ2) is 9.81. The van der Waals surface area contributed by atoms with Gasteiger partial charge in [0, 0.05) is 24.2 Å². The molecule has 0 unspecified atom stereocenters. The fraction of sp³-hybridized carbons (Fsp3) is 0.346. The van der Waals surface area contributed by atoms with E-state index in [-0.39, 0.29) is 11.5 Å². The Labute approximate surface area is 189 Å². The van der Waals surface area contributed by atoms with Gasteiger partial charge in [0.1, 0.15) is 0 Å². The first-order valence-corrected chi connectivity index (χ1v) is 11.0. The van der Waals surface area contributed by atoms with E-state index in [1.807, 2.05) is 57.2 Å². The summed E-state index contributed by atoms with van der Waals surface area (Å²) in [6.07, 6.45) is 5.84. The summed E-state index contributed by atoms with van der Waals surface area (Å²) in [5.41, 5.74) is 4.15. The number of nitrogens with zero attached hydrogens (tertiary/aromatic N) is 3. The highest BCUT2D eigenvalue weighted by Crippen LogP contribution is 2.26. The van der Waals surface area contributed by atoms with E-state index >= 15 is 0 Å². The van der Waals surface area contributed by atoms with Crippen molar-refractivity contribution in [1.82, 2.24) is 14.7 Å². The van der Waals surface area contributed by atoms with Gasteiger partial charge in [0.25, 0.3) is 11.5 Å². The molecule has 1 aromatic carbocycles. The number of hydrogen-bond acceptors (Lipinski definition) is 5. The minimum atomic E-state index is -0.0565. The van der Waals surface area contributed by atoms with Gasteiger partial charge in [0.05, 0.1) is 5.35 Å². The summed E-state index contributed by atoms with van der Waals surface area (Å²) in [7, 11) is 1.80. The lowest BCUT2D eigenvalue weighted by Crippen LogP contribution is -2.42. The number of nitrogens with one attached hydrogen (secondary N) is 1. The zero-order valence-electron chi connectivity index (χ0n) is 19.8. The normalized spacial score (nSPS) is 12.6. The third kappa shape index (κ3) is 4.74. The molecule has 3 rings (SSSR count). The van der Waals surface area contributed by atoms with Gasteiger partial charge in [-0.25, -0.2) is 0 Å². The van der Waals surface area contributed by atoms with Crippen LogP contribution in [0.4, 0.5) is 11.6 Å². The lowest BCUT2D eigenvalue weighted by atomic mass is 10.00. The van der Waals surface area contributed by atoms with Crippen molar-refractivity contribution in [3.8, 4) is 11.1 Å². The molecule has 1 N–H and O–H groups in total. The van der Waals surface area contributed by atoms with Crippen LogP contribution in [-0.2, 0) is 7.05 Å². The Bertz CT molecular complexity index is 1310. The van der Waals surface area contributed by atoms with Gasteiger partial charge >= 0.3 is 0 Å². The van der Waals surface area contributed by atoms with Crippen molar-refractivity contribution < 1.29 is 4.52 Å². The van der Waals surface area contributed by atoms with E-state index in [1.165, 1.54) is 0 Å². The molecule has 0 radical (unpaired) electrons. The Morgan fingerprint density at radius 2 is 1.97 bits per heavy atom. The van der Waals surface area contributed by atoms with E-state index in [0.717, 1.165) is 45.8 Å². The zero-order valence-corrected chi connectivity index (χ0v) is 19.8. The maximum Gasteiger partial charge on any atom is 0.267 e. The number of allylic oxidation sites excluding steroid dienone is 1. The first-order valence-electron chi connectivity index (χ1n) is 11.0. The van der Waals surface area contributed by atoms with Crippen molar-refractivity contribution in [3.63, 3.8) is 0 Å². The van der Waals surface area contributed by atoms with Crippen LogP contribution in [0.15, 0.2) is 45.7 Å². The summed E-state index contributed by atoms with van der Waals surface area (Å²) in [6.45, 7) is 14.1. The standard InChI is InChI=1S/C26H32N4O2/c1-8-18(9-2)24-28-26(29-32-24)27-20-12-11-17(6)21(15-20)22-14-19(10-3)23(13-16(4)5)30(7)25(22)31/h10-15,18H,4,8-9H2,1-3,5-7H3,(H,27,29)/b19-10-,23-13+. The molecule has 0 saturated carbocycles. The quantitative estimate of drug-likeness (QED) is 0.593. The largest absolute Gasteiger partial charge is 0.337 e. The summed E-state index contributed by atoms with van der Waals surface area (Å²) in [5.74, 6) is 1.32. The lowest BCUT2D eigenvalue weighted by Gasteiger charge is -2.11. The number of pyridine rings is 1. The van der Waals surface area contributed by atoms with Crippen LogP contribution in [0.5, 0.6) is 0 Å². The second-order valence-corrected chi connectivity index (χ2v) is 8.17. The van der Waals surface area contributed by atoms with Crippen molar-refractivity contribution >= 4 is 23.8 Å². The minimum Gasteiger partial charge on any atom is -0.337 e. The van der Waals surface area contributed by atoms with E-state index in [0.29, 0.717) is 17.4 Å². The number of aryl methyl sites for hydroxylation is 1. The van der Waals surface area contributed by atoms with E-state index in [2.05, 4.69) is 35.9 Å². The number of aromatic nitrogens is 3. The Morgan fingerprint density at radius 3 is 2.59 bits per heavy atom. The molecule has 0 bridgehead atoms. The van der Waals surface area contributed by atoms with Gasteiger partial charge < -0.3 is 14.4 Å². The monoisotopic (exact) mass is 432 g/mol. The number of anilines is 2. The van der Waals surface area contributed by atoms with Crippen molar-refractivity contribution in [2.24, 2.45) is 7.05 Å². The van der Waals surface area contributed by atoms with Crippen LogP contribution in [0.2, 0.25) is 0 Å². The van der Waals surface area contributed by atoms with Crippen LogP contribution in [0.25, 0.3) is 23.3 Å². The molecule has 3 aromatic rings. The molecule has 0 aliphatic rings. The average Bonchev–Trinajstić information content (AvgIpc) is 3.22. The van der Waals surface area contributed by atoms with Gasteiger partial charge in [-0.3, -0.25) is 4.79 Å². The van der Waals surface area contributed by atoms with Crippen molar-refractivity contribution in [2.45, 2.75) is 53.4 Å². The Kier molecular flexibility index (Phi) is 7.13. The van der Waals surface area contributed by atoms with E-state index in [1.54, 1.807) is 11.6 Å². The summed E-state index contributed by atoms with van der Waals surface area (Å²) >= 11 is 0. The fourth-order valence-corrected chi connectivity index (χ4v) is 3.82. The smallest absolute Gasteiger partial charge is 0.267 e. The van der Waals surface area contributed by atoms with Crippen molar-refractivity contribution in [1.29, 1.82) is 0 Å². The maximum absolute atomic E-state index is 13.2. The van der Waals surface area contributed by atoms with Crippen LogP contribution in [0.1, 0.15) is 57.9 Å². The maximum atomic E-state index is 13.2. The van der Waals surface area contributed by atoms with Crippen LogP contribution in [0, 0.1) is 6.92 Å². The van der Waals surface area contributed by atoms with Crippen LogP contribution in [-0.4, -0.2) is 14.7 Å². The predicted molar refractivity (Wildman–Crippen MR) is 131 cm³/mol. The van der Waals surface area contributed by atoms with Crippen LogP contribution >= 0.6 is 0 Å². The molecule has 0 saturated heterocycles. The number of hydrogen-bond donors (Lipinski definition) is 1. The van der Waals surface area contributed by atoms with E-state index < -0.39 is 0 Å².